The lowest BCUT2D eigenvalue weighted by molar-refractivity contribution is 0.0589. The molecule has 0 spiro atoms. The zero-order valence-corrected chi connectivity index (χ0v) is 17.0. The third-order valence-corrected chi connectivity index (χ3v) is 6.02. The van der Waals surface area contributed by atoms with Gasteiger partial charge in [-0.1, -0.05) is 6.07 Å². The quantitative estimate of drug-likeness (QED) is 0.669. The molecule has 4 heterocycles. The Morgan fingerprint density at radius 2 is 1.93 bits per heavy atom. The number of para-hydroxylation sites is 1. The number of aromatic nitrogens is 4. The summed E-state index contributed by atoms with van der Waals surface area (Å²) >= 11 is 0. The fourth-order valence-corrected chi connectivity index (χ4v) is 4.54. The number of halogens is 1. The second-order valence-electron chi connectivity index (χ2n) is 8.06. The predicted molar refractivity (Wildman–Crippen MR) is 110 cm³/mol. The van der Waals surface area contributed by atoms with Gasteiger partial charge >= 0.3 is 0 Å². The van der Waals surface area contributed by atoms with E-state index in [0.29, 0.717) is 24.6 Å². The third-order valence-electron chi connectivity index (χ3n) is 6.02. The minimum Gasteiger partial charge on any atom is -0.336 e. The highest BCUT2D eigenvalue weighted by atomic mass is 19.1. The first-order chi connectivity index (χ1) is 14.5. The molecule has 30 heavy (non-hydrogen) atoms. The molecule has 0 aliphatic carbocycles. The highest BCUT2D eigenvalue weighted by Crippen LogP contribution is 2.36. The molecule has 2 saturated heterocycles. The van der Waals surface area contributed by atoms with Crippen molar-refractivity contribution in [1.29, 1.82) is 0 Å². The predicted octanol–water partition coefficient (Wildman–Crippen LogP) is 2.77. The van der Waals surface area contributed by atoms with Gasteiger partial charge in [-0.25, -0.2) is 19.0 Å². The maximum atomic E-state index is 14.6. The summed E-state index contributed by atoms with van der Waals surface area (Å²) in [5.74, 6) is 0.614. The van der Waals surface area contributed by atoms with Crippen molar-refractivity contribution in [3.8, 4) is 5.69 Å². The molecule has 2 fully saturated rings. The van der Waals surface area contributed by atoms with Gasteiger partial charge in [-0.3, -0.25) is 4.79 Å². The van der Waals surface area contributed by atoms with Gasteiger partial charge in [0.25, 0.3) is 5.91 Å². The van der Waals surface area contributed by atoms with Gasteiger partial charge in [-0.15, -0.1) is 0 Å². The summed E-state index contributed by atoms with van der Waals surface area (Å²) in [5.41, 5.74) is 2.39. The van der Waals surface area contributed by atoms with Gasteiger partial charge in [0.15, 0.2) is 0 Å². The second-order valence-corrected chi connectivity index (χ2v) is 8.06. The van der Waals surface area contributed by atoms with Crippen LogP contribution in [0.4, 0.5) is 10.3 Å². The molecule has 7 nitrogen and oxygen atoms in total. The van der Waals surface area contributed by atoms with Crippen molar-refractivity contribution in [3.05, 3.63) is 65.5 Å². The van der Waals surface area contributed by atoms with Crippen LogP contribution < -0.4 is 4.90 Å². The van der Waals surface area contributed by atoms with E-state index >= 15 is 0 Å². The van der Waals surface area contributed by atoms with Crippen molar-refractivity contribution in [2.45, 2.75) is 26.3 Å². The van der Waals surface area contributed by atoms with E-state index in [0.717, 1.165) is 30.3 Å². The zero-order chi connectivity index (χ0) is 20.8. The van der Waals surface area contributed by atoms with E-state index in [-0.39, 0.29) is 17.6 Å². The molecule has 5 rings (SSSR count). The standard InChI is InChI=1S/C22H23FN6O/c1-14-11-15(2)26-22(25-14)28-12-16-7-10-27(13-19(16)28)21(30)17-5-3-6-18(23)20(17)29-9-4-8-24-29/h3-6,8-9,11,16,19H,7,10,12-13H2,1-2H3/t16-,19-/m0/s1. The number of fused-ring (bicyclic) bond motifs is 1. The summed E-state index contributed by atoms with van der Waals surface area (Å²) in [6.07, 6.45) is 4.14. The molecule has 3 aromatic rings. The Hall–Kier alpha value is -3.29. The molecule has 0 bridgehead atoms. The molecule has 2 atom stereocenters. The van der Waals surface area contributed by atoms with E-state index in [1.807, 2.05) is 24.8 Å². The van der Waals surface area contributed by atoms with Gasteiger partial charge in [0.1, 0.15) is 11.5 Å². The molecular weight excluding hydrogens is 383 g/mol. The molecule has 8 heteroatoms. The van der Waals surface area contributed by atoms with Crippen LogP contribution in [0.1, 0.15) is 28.2 Å². The first-order valence-electron chi connectivity index (χ1n) is 10.2. The topological polar surface area (TPSA) is 67.2 Å². The fraction of sp³-hybridized carbons (Fsp3) is 0.364. The number of hydrogen-bond acceptors (Lipinski definition) is 5. The molecule has 2 aliphatic heterocycles. The van der Waals surface area contributed by atoms with Gasteiger partial charge in [0, 0.05) is 49.3 Å². The number of aryl methyl sites for hydroxylation is 2. The number of carbonyl (C=O) groups is 1. The molecule has 0 N–H and O–H groups in total. The monoisotopic (exact) mass is 406 g/mol. The van der Waals surface area contributed by atoms with Crippen LogP contribution in [0.15, 0.2) is 42.7 Å². The highest BCUT2D eigenvalue weighted by Gasteiger charge is 2.45. The maximum absolute atomic E-state index is 14.6. The number of nitrogens with zero attached hydrogens (tertiary/aromatic N) is 6. The van der Waals surface area contributed by atoms with Crippen LogP contribution in [0, 0.1) is 25.6 Å². The molecular formula is C22H23FN6O. The Morgan fingerprint density at radius 3 is 2.67 bits per heavy atom. The van der Waals surface area contributed by atoms with Crippen LogP contribution >= 0.6 is 0 Å². The Kier molecular flexibility index (Phi) is 4.49. The van der Waals surface area contributed by atoms with Crippen LogP contribution in [-0.4, -0.2) is 56.2 Å². The molecule has 2 aliphatic rings. The minimum atomic E-state index is -0.464. The molecule has 0 saturated carbocycles. The average molecular weight is 406 g/mol. The van der Waals surface area contributed by atoms with Crippen LogP contribution in [0.2, 0.25) is 0 Å². The lowest BCUT2D eigenvalue weighted by Gasteiger charge is -2.53. The smallest absolute Gasteiger partial charge is 0.256 e. The summed E-state index contributed by atoms with van der Waals surface area (Å²) in [6.45, 7) is 6.08. The van der Waals surface area contributed by atoms with Crippen molar-refractivity contribution >= 4 is 11.9 Å². The Balaban J connectivity index is 1.40. The van der Waals surface area contributed by atoms with E-state index in [1.165, 1.54) is 10.7 Å². The van der Waals surface area contributed by atoms with Crippen molar-refractivity contribution in [2.24, 2.45) is 5.92 Å². The number of benzene rings is 1. The SMILES string of the molecule is Cc1cc(C)nc(N2C[C@@H]3CCN(C(=O)c4cccc(F)c4-n4cccn4)C[C@@H]32)n1. The number of anilines is 1. The number of carbonyl (C=O) groups excluding carboxylic acids is 1. The first-order valence-corrected chi connectivity index (χ1v) is 10.2. The molecule has 154 valence electrons. The normalized spacial score (nSPS) is 20.6. The summed E-state index contributed by atoms with van der Waals surface area (Å²) in [4.78, 5) is 26.5. The van der Waals surface area contributed by atoms with Crippen molar-refractivity contribution < 1.29 is 9.18 Å². The number of likely N-dealkylation sites (tertiary alicyclic amines) is 1. The van der Waals surface area contributed by atoms with Crippen LogP contribution in [0.3, 0.4) is 0 Å². The van der Waals surface area contributed by atoms with Crippen molar-refractivity contribution in [3.63, 3.8) is 0 Å². The highest BCUT2D eigenvalue weighted by molar-refractivity contribution is 5.98. The van der Waals surface area contributed by atoms with E-state index in [2.05, 4.69) is 20.0 Å². The van der Waals surface area contributed by atoms with Crippen LogP contribution in [0.25, 0.3) is 5.69 Å². The average Bonchev–Trinajstić information content (AvgIpc) is 3.22. The molecule has 0 unspecified atom stereocenters. The van der Waals surface area contributed by atoms with E-state index in [4.69, 9.17) is 0 Å². The van der Waals surface area contributed by atoms with Gasteiger partial charge in [0.05, 0.1) is 11.6 Å². The zero-order valence-electron chi connectivity index (χ0n) is 17.0. The van der Waals surface area contributed by atoms with Crippen LogP contribution in [-0.2, 0) is 0 Å². The number of piperidine rings is 1. The van der Waals surface area contributed by atoms with E-state index in [9.17, 15) is 9.18 Å². The largest absolute Gasteiger partial charge is 0.336 e. The minimum absolute atomic E-state index is 0.174. The number of rotatable bonds is 3. The van der Waals surface area contributed by atoms with Gasteiger partial charge in [0.2, 0.25) is 5.95 Å². The Labute approximate surface area is 174 Å². The van der Waals surface area contributed by atoms with Crippen molar-refractivity contribution in [2.75, 3.05) is 24.5 Å². The Morgan fingerprint density at radius 1 is 1.13 bits per heavy atom. The third kappa shape index (κ3) is 3.12. The van der Waals surface area contributed by atoms with Gasteiger partial charge in [-0.2, -0.15) is 5.10 Å². The molecule has 1 amide bonds. The first kappa shape index (κ1) is 18.7. The van der Waals surface area contributed by atoms with E-state index < -0.39 is 5.82 Å². The summed E-state index contributed by atoms with van der Waals surface area (Å²) in [5, 5.41) is 4.12. The molecule has 0 radical (unpaired) electrons. The molecule has 2 aromatic heterocycles. The molecule has 1 aromatic carbocycles. The summed E-state index contributed by atoms with van der Waals surface area (Å²) in [7, 11) is 0. The lowest BCUT2D eigenvalue weighted by Crippen LogP contribution is -2.65. The Bertz CT molecular complexity index is 1080. The van der Waals surface area contributed by atoms with E-state index in [1.54, 1.807) is 30.6 Å². The lowest BCUT2D eigenvalue weighted by atomic mass is 9.82. The number of amides is 1. The van der Waals surface area contributed by atoms with Gasteiger partial charge < -0.3 is 9.80 Å². The summed E-state index contributed by atoms with van der Waals surface area (Å²) in [6, 6.07) is 8.44. The fourth-order valence-electron chi connectivity index (χ4n) is 4.54. The van der Waals surface area contributed by atoms with Gasteiger partial charge in [-0.05, 0) is 44.5 Å². The second kappa shape index (κ2) is 7.19. The maximum Gasteiger partial charge on any atom is 0.256 e. The number of hydrogen-bond donors (Lipinski definition) is 0. The summed E-state index contributed by atoms with van der Waals surface area (Å²) < 4.78 is 16.0. The van der Waals surface area contributed by atoms with Crippen molar-refractivity contribution in [1.82, 2.24) is 24.6 Å². The van der Waals surface area contributed by atoms with Crippen LogP contribution in [0.5, 0.6) is 0 Å².